The molecule has 1 fully saturated rings. The van der Waals surface area contributed by atoms with Gasteiger partial charge in [0.15, 0.2) is 0 Å². The van der Waals surface area contributed by atoms with Gasteiger partial charge in [0.1, 0.15) is 4.90 Å². The molecule has 96 valence electrons. The van der Waals surface area contributed by atoms with Gasteiger partial charge >= 0.3 is 0 Å². The van der Waals surface area contributed by atoms with Crippen molar-refractivity contribution in [1.29, 1.82) is 0 Å². The summed E-state index contributed by atoms with van der Waals surface area (Å²) in [6, 6.07) is 0. The van der Waals surface area contributed by atoms with Crippen LogP contribution >= 0.6 is 11.3 Å². The van der Waals surface area contributed by atoms with Crippen LogP contribution in [-0.4, -0.2) is 20.1 Å². The van der Waals surface area contributed by atoms with Gasteiger partial charge in [-0.2, -0.15) is 0 Å². The third-order valence-electron chi connectivity index (χ3n) is 2.94. The summed E-state index contributed by atoms with van der Waals surface area (Å²) in [5.74, 6) is 0.707. The second-order valence-corrected chi connectivity index (χ2v) is 7.13. The van der Waals surface area contributed by atoms with Gasteiger partial charge in [0.05, 0.1) is 11.5 Å². The molecule has 2 N–H and O–H groups in total. The monoisotopic (exact) mass is 275 g/mol. The smallest absolute Gasteiger partial charge is 0.242 e. The van der Waals surface area contributed by atoms with Crippen molar-refractivity contribution in [2.75, 3.05) is 6.54 Å². The zero-order valence-electron chi connectivity index (χ0n) is 9.77. The first-order valence-corrected chi connectivity index (χ1v) is 8.08. The topological polar surface area (TPSA) is 66.4 Å². The molecule has 1 aromatic rings. The van der Waals surface area contributed by atoms with Crippen molar-refractivity contribution in [2.24, 2.45) is 5.92 Å². The number of nitrogens with one attached hydrogen (secondary N) is 1. The molecule has 2 rings (SSSR count). The Kier molecular flexibility index (Phi) is 3.87. The van der Waals surface area contributed by atoms with E-state index in [0.717, 1.165) is 6.42 Å². The predicted octanol–water partition coefficient (Wildman–Crippen LogP) is 1.63. The van der Waals surface area contributed by atoms with Gasteiger partial charge < -0.3 is 5.11 Å². The molecule has 0 aromatic carbocycles. The summed E-state index contributed by atoms with van der Waals surface area (Å²) in [6.07, 6.45) is 3.36. The van der Waals surface area contributed by atoms with Crippen LogP contribution in [0.5, 0.6) is 0 Å². The SMILES string of the molecule is Cc1csc(CO)c1S(=O)(=O)NCCC1CC1. The summed E-state index contributed by atoms with van der Waals surface area (Å²) in [5.41, 5.74) is 0.706. The highest BCUT2D eigenvalue weighted by molar-refractivity contribution is 7.89. The molecule has 0 atom stereocenters. The first-order valence-electron chi connectivity index (χ1n) is 5.72. The predicted molar refractivity (Wildman–Crippen MR) is 67.5 cm³/mol. The molecule has 1 aliphatic carbocycles. The van der Waals surface area contributed by atoms with Crippen LogP contribution in [0.25, 0.3) is 0 Å². The van der Waals surface area contributed by atoms with E-state index >= 15 is 0 Å². The van der Waals surface area contributed by atoms with Gasteiger partial charge in [-0.3, -0.25) is 0 Å². The first kappa shape index (κ1) is 13.0. The first-order chi connectivity index (χ1) is 8.04. The molecule has 1 heterocycles. The van der Waals surface area contributed by atoms with Crippen LogP contribution in [0.15, 0.2) is 10.3 Å². The van der Waals surface area contributed by atoms with E-state index in [4.69, 9.17) is 5.11 Å². The number of rotatable bonds is 6. The van der Waals surface area contributed by atoms with Crippen LogP contribution in [0.1, 0.15) is 29.7 Å². The number of aryl methyl sites for hydroxylation is 1. The Hall–Kier alpha value is -0.430. The van der Waals surface area contributed by atoms with Gasteiger partial charge in [0.25, 0.3) is 0 Å². The Morgan fingerprint density at radius 2 is 2.24 bits per heavy atom. The molecule has 0 unspecified atom stereocenters. The Morgan fingerprint density at radius 1 is 1.53 bits per heavy atom. The molecule has 0 aliphatic heterocycles. The van der Waals surface area contributed by atoms with Crippen LogP contribution in [0.4, 0.5) is 0 Å². The molecule has 1 saturated carbocycles. The molecule has 0 bridgehead atoms. The molecule has 1 aromatic heterocycles. The van der Waals surface area contributed by atoms with Gasteiger partial charge in [-0.15, -0.1) is 11.3 Å². The fraction of sp³-hybridized carbons (Fsp3) is 0.636. The summed E-state index contributed by atoms with van der Waals surface area (Å²) in [7, 11) is -3.46. The van der Waals surface area contributed by atoms with E-state index in [2.05, 4.69) is 4.72 Å². The van der Waals surface area contributed by atoms with Gasteiger partial charge in [-0.1, -0.05) is 12.8 Å². The minimum absolute atomic E-state index is 0.225. The van der Waals surface area contributed by atoms with Gasteiger partial charge in [0, 0.05) is 6.54 Å². The van der Waals surface area contributed by atoms with Gasteiger partial charge in [-0.25, -0.2) is 13.1 Å². The van der Waals surface area contributed by atoms with Gasteiger partial charge in [-0.05, 0) is 30.2 Å². The average Bonchev–Trinajstić information content (AvgIpc) is 2.99. The minimum Gasteiger partial charge on any atom is -0.391 e. The quantitative estimate of drug-likeness (QED) is 0.829. The van der Waals surface area contributed by atoms with Crippen molar-refractivity contribution in [3.8, 4) is 0 Å². The number of aliphatic hydroxyl groups is 1. The van der Waals surface area contributed by atoms with Crippen LogP contribution in [0, 0.1) is 12.8 Å². The van der Waals surface area contributed by atoms with Crippen molar-refractivity contribution in [3.63, 3.8) is 0 Å². The molecule has 17 heavy (non-hydrogen) atoms. The van der Waals surface area contributed by atoms with E-state index in [1.807, 2.05) is 0 Å². The molecule has 0 radical (unpaired) electrons. The molecular weight excluding hydrogens is 258 g/mol. The lowest BCUT2D eigenvalue weighted by molar-refractivity contribution is 0.282. The van der Waals surface area contributed by atoms with E-state index in [9.17, 15) is 8.42 Å². The maximum Gasteiger partial charge on any atom is 0.242 e. The Labute approximate surface area is 106 Å². The zero-order valence-corrected chi connectivity index (χ0v) is 11.4. The average molecular weight is 275 g/mol. The second kappa shape index (κ2) is 5.06. The maximum atomic E-state index is 12.1. The second-order valence-electron chi connectivity index (χ2n) is 4.46. The van der Waals surface area contributed by atoms with Crippen LogP contribution in [0.3, 0.4) is 0 Å². The van der Waals surface area contributed by atoms with E-state index in [-0.39, 0.29) is 11.5 Å². The van der Waals surface area contributed by atoms with E-state index in [0.29, 0.717) is 22.9 Å². The third-order valence-corrected chi connectivity index (χ3v) is 5.85. The zero-order chi connectivity index (χ0) is 12.5. The Bertz CT molecular complexity index is 489. The third kappa shape index (κ3) is 3.07. The Balaban J connectivity index is 2.09. The molecule has 0 amide bonds. The Morgan fingerprint density at radius 3 is 2.82 bits per heavy atom. The summed E-state index contributed by atoms with van der Waals surface area (Å²) in [4.78, 5) is 0.780. The maximum absolute atomic E-state index is 12.1. The fourth-order valence-corrected chi connectivity index (χ4v) is 4.54. The lowest BCUT2D eigenvalue weighted by atomic mass is 10.3. The highest BCUT2D eigenvalue weighted by Crippen LogP contribution is 2.32. The number of sulfonamides is 1. The largest absolute Gasteiger partial charge is 0.391 e. The number of hydrogen-bond donors (Lipinski definition) is 2. The molecule has 6 heteroatoms. The molecule has 0 spiro atoms. The highest BCUT2D eigenvalue weighted by Gasteiger charge is 2.24. The van der Waals surface area contributed by atoms with E-state index in [1.165, 1.54) is 24.2 Å². The van der Waals surface area contributed by atoms with Crippen LogP contribution in [-0.2, 0) is 16.6 Å². The molecule has 4 nitrogen and oxygen atoms in total. The van der Waals surface area contributed by atoms with Crippen molar-refractivity contribution in [3.05, 3.63) is 15.8 Å². The lowest BCUT2D eigenvalue weighted by Crippen LogP contribution is -2.26. The highest BCUT2D eigenvalue weighted by atomic mass is 32.2. The number of aliphatic hydroxyl groups excluding tert-OH is 1. The van der Waals surface area contributed by atoms with Crippen molar-refractivity contribution < 1.29 is 13.5 Å². The standard InChI is InChI=1S/C11H17NO3S2/c1-8-7-16-10(6-13)11(8)17(14,15)12-5-4-9-2-3-9/h7,9,12-13H,2-6H2,1H3. The van der Waals surface area contributed by atoms with Crippen molar-refractivity contribution >= 4 is 21.4 Å². The minimum atomic E-state index is -3.46. The summed E-state index contributed by atoms with van der Waals surface area (Å²) >= 11 is 1.29. The summed E-state index contributed by atoms with van der Waals surface area (Å²) < 4.78 is 26.8. The summed E-state index contributed by atoms with van der Waals surface area (Å²) in [5, 5.41) is 10.9. The van der Waals surface area contributed by atoms with Crippen LogP contribution in [0.2, 0.25) is 0 Å². The molecule has 0 saturated heterocycles. The van der Waals surface area contributed by atoms with Crippen molar-refractivity contribution in [1.82, 2.24) is 4.72 Å². The van der Waals surface area contributed by atoms with Crippen LogP contribution < -0.4 is 4.72 Å². The summed E-state index contributed by atoms with van der Waals surface area (Å²) in [6.45, 7) is 2.02. The van der Waals surface area contributed by atoms with E-state index < -0.39 is 10.0 Å². The molecule has 1 aliphatic rings. The normalized spacial score (nSPS) is 16.4. The van der Waals surface area contributed by atoms with E-state index in [1.54, 1.807) is 12.3 Å². The van der Waals surface area contributed by atoms with Gasteiger partial charge in [0.2, 0.25) is 10.0 Å². The lowest BCUT2D eigenvalue weighted by Gasteiger charge is -2.07. The number of hydrogen-bond acceptors (Lipinski definition) is 4. The fourth-order valence-electron chi connectivity index (χ4n) is 1.83. The molecular formula is C11H17NO3S2. The van der Waals surface area contributed by atoms with Crippen molar-refractivity contribution in [2.45, 2.75) is 37.7 Å². The number of thiophene rings is 1.